The maximum absolute atomic E-state index is 12.9. The first-order valence-corrected chi connectivity index (χ1v) is 12.1. The van der Waals surface area contributed by atoms with Crippen molar-refractivity contribution in [1.82, 2.24) is 9.62 Å². The summed E-state index contributed by atoms with van der Waals surface area (Å²) >= 11 is 0. The number of nitrogens with zero attached hydrogens (tertiary/aromatic N) is 1. The van der Waals surface area contributed by atoms with Crippen molar-refractivity contribution in [3.8, 4) is 5.75 Å². The van der Waals surface area contributed by atoms with Crippen LogP contribution in [0.3, 0.4) is 0 Å². The van der Waals surface area contributed by atoms with Gasteiger partial charge in [0.2, 0.25) is 21.8 Å². The molecule has 2 N–H and O–H groups in total. The molecule has 2 aromatic carbocycles. The van der Waals surface area contributed by atoms with Gasteiger partial charge in [0.15, 0.2) is 0 Å². The molecule has 0 aliphatic heterocycles. The quantitative estimate of drug-likeness (QED) is 0.534. The van der Waals surface area contributed by atoms with Crippen LogP contribution < -0.4 is 15.4 Å². The SMILES string of the molecule is CCOc1ccc(S(=O)(=O)N(CC)CC)cc1NC(=O)CC(NC(C)=O)c1ccccc1. The third-order valence-corrected chi connectivity index (χ3v) is 6.88. The molecule has 0 spiro atoms. The number of ether oxygens (including phenoxy) is 1. The molecule has 2 aromatic rings. The third-order valence-electron chi connectivity index (χ3n) is 4.84. The first-order chi connectivity index (χ1) is 15.2. The van der Waals surface area contributed by atoms with Gasteiger partial charge in [-0.3, -0.25) is 9.59 Å². The Labute approximate surface area is 190 Å². The maximum atomic E-state index is 12.9. The second-order valence-electron chi connectivity index (χ2n) is 7.10. The monoisotopic (exact) mass is 461 g/mol. The summed E-state index contributed by atoms with van der Waals surface area (Å²) in [5.41, 5.74) is 1.06. The number of anilines is 1. The van der Waals surface area contributed by atoms with E-state index < -0.39 is 16.1 Å². The molecule has 0 aliphatic carbocycles. The van der Waals surface area contributed by atoms with Gasteiger partial charge in [-0.15, -0.1) is 0 Å². The zero-order chi connectivity index (χ0) is 23.7. The van der Waals surface area contributed by atoms with Gasteiger partial charge in [-0.05, 0) is 30.7 Å². The number of carbonyl (C=O) groups is 2. The number of hydrogen-bond acceptors (Lipinski definition) is 5. The lowest BCUT2D eigenvalue weighted by molar-refractivity contribution is -0.120. The van der Waals surface area contributed by atoms with Crippen molar-refractivity contribution < 1.29 is 22.7 Å². The van der Waals surface area contributed by atoms with E-state index in [0.29, 0.717) is 25.4 Å². The summed E-state index contributed by atoms with van der Waals surface area (Å²) in [7, 11) is -3.70. The first-order valence-electron chi connectivity index (χ1n) is 10.6. The summed E-state index contributed by atoms with van der Waals surface area (Å²) in [4.78, 5) is 24.6. The Morgan fingerprint density at radius 3 is 2.25 bits per heavy atom. The van der Waals surface area contributed by atoms with E-state index in [0.717, 1.165) is 5.56 Å². The Balaban J connectivity index is 2.32. The lowest BCUT2D eigenvalue weighted by Crippen LogP contribution is -2.31. The number of hydrogen-bond donors (Lipinski definition) is 2. The minimum Gasteiger partial charge on any atom is -0.492 e. The fourth-order valence-corrected chi connectivity index (χ4v) is 4.82. The lowest BCUT2D eigenvalue weighted by atomic mass is 10.0. The summed E-state index contributed by atoms with van der Waals surface area (Å²) in [6, 6.07) is 13.1. The Kier molecular flexibility index (Phi) is 9.22. The number of rotatable bonds is 11. The van der Waals surface area contributed by atoms with Gasteiger partial charge in [-0.2, -0.15) is 4.31 Å². The lowest BCUT2D eigenvalue weighted by Gasteiger charge is -2.21. The summed E-state index contributed by atoms with van der Waals surface area (Å²) in [5, 5.41) is 5.54. The second kappa shape index (κ2) is 11.6. The smallest absolute Gasteiger partial charge is 0.243 e. The number of benzene rings is 2. The Bertz CT molecular complexity index is 1020. The highest BCUT2D eigenvalue weighted by atomic mass is 32.2. The topological polar surface area (TPSA) is 105 Å². The molecule has 2 amide bonds. The standard InChI is InChI=1S/C23H31N3O5S/c1-5-26(6-2)32(29,30)19-13-14-22(31-7-3)21(15-19)25-23(28)16-20(24-17(4)27)18-11-9-8-10-12-18/h8-15,20H,5-7,16H2,1-4H3,(H,24,27)(H,25,28). The number of nitrogens with one attached hydrogen (secondary N) is 2. The van der Waals surface area contributed by atoms with Gasteiger partial charge in [0.25, 0.3) is 0 Å². The van der Waals surface area contributed by atoms with Gasteiger partial charge in [0.05, 0.1) is 29.7 Å². The summed E-state index contributed by atoms with van der Waals surface area (Å²) in [6.45, 7) is 7.75. The summed E-state index contributed by atoms with van der Waals surface area (Å²) in [6.07, 6.45) is -0.0256. The molecular weight excluding hydrogens is 430 g/mol. The molecule has 0 fully saturated rings. The molecule has 9 heteroatoms. The highest BCUT2D eigenvalue weighted by Crippen LogP contribution is 2.30. The summed E-state index contributed by atoms with van der Waals surface area (Å²) < 4.78 is 32.7. The minimum absolute atomic E-state index is 0.0256. The van der Waals surface area contributed by atoms with Crippen molar-refractivity contribution in [1.29, 1.82) is 0 Å². The van der Waals surface area contributed by atoms with Gasteiger partial charge >= 0.3 is 0 Å². The zero-order valence-corrected chi connectivity index (χ0v) is 19.7. The molecule has 0 saturated carbocycles. The molecule has 0 aliphatic rings. The number of amides is 2. The van der Waals surface area contributed by atoms with Gasteiger partial charge in [0, 0.05) is 20.0 Å². The highest BCUT2D eigenvalue weighted by Gasteiger charge is 2.24. The molecule has 8 nitrogen and oxygen atoms in total. The molecule has 1 unspecified atom stereocenters. The zero-order valence-electron chi connectivity index (χ0n) is 18.9. The van der Waals surface area contributed by atoms with Gasteiger partial charge in [-0.25, -0.2) is 8.42 Å². The van der Waals surface area contributed by atoms with Crippen molar-refractivity contribution in [3.05, 3.63) is 54.1 Å². The van der Waals surface area contributed by atoms with E-state index in [1.165, 1.54) is 29.4 Å². The van der Waals surface area contributed by atoms with Gasteiger partial charge in [-0.1, -0.05) is 44.2 Å². The van der Waals surface area contributed by atoms with Crippen LogP contribution in [0, 0.1) is 0 Å². The van der Waals surface area contributed by atoms with Crippen LogP contribution in [0.15, 0.2) is 53.4 Å². The average Bonchev–Trinajstić information content (AvgIpc) is 2.75. The Morgan fingerprint density at radius 1 is 1.03 bits per heavy atom. The summed E-state index contributed by atoms with van der Waals surface area (Å²) in [5.74, 6) is -0.268. The van der Waals surface area contributed by atoms with Crippen molar-refractivity contribution in [2.24, 2.45) is 0 Å². The Morgan fingerprint density at radius 2 is 1.69 bits per heavy atom. The van der Waals surface area contributed by atoms with Crippen LogP contribution in [-0.4, -0.2) is 44.2 Å². The molecule has 32 heavy (non-hydrogen) atoms. The van der Waals surface area contributed by atoms with Crippen molar-refractivity contribution in [2.45, 2.75) is 45.1 Å². The first kappa shape index (κ1) is 25.4. The largest absolute Gasteiger partial charge is 0.492 e. The van der Waals surface area contributed by atoms with Crippen LogP contribution in [0.25, 0.3) is 0 Å². The van der Waals surface area contributed by atoms with Crippen molar-refractivity contribution in [3.63, 3.8) is 0 Å². The predicted octanol–water partition coefficient (Wildman–Crippen LogP) is 3.32. The fourth-order valence-electron chi connectivity index (χ4n) is 3.33. The van der Waals surface area contributed by atoms with Crippen LogP contribution in [0.4, 0.5) is 5.69 Å². The van der Waals surface area contributed by atoms with Gasteiger partial charge in [0.1, 0.15) is 5.75 Å². The van der Waals surface area contributed by atoms with E-state index in [1.54, 1.807) is 20.8 Å². The fraction of sp³-hybridized carbons (Fsp3) is 0.391. The van der Waals surface area contributed by atoms with E-state index >= 15 is 0 Å². The normalized spacial score (nSPS) is 12.3. The number of carbonyl (C=O) groups excluding carboxylic acids is 2. The highest BCUT2D eigenvalue weighted by molar-refractivity contribution is 7.89. The van der Waals surface area contributed by atoms with Crippen LogP contribution >= 0.6 is 0 Å². The minimum atomic E-state index is -3.70. The van der Waals surface area contributed by atoms with Crippen LogP contribution in [0.1, 0.15) is 45.7 Å². The molecular formula is C23H31N3O5S. The van der Waals surface area contributed by atoms with Crippen molar-refractivity contribution in [2.75, 3.05) is 25.0 Å². The van der Waals surface area contributed by atoms with Crippen molar-refractivity contribution >= 4 is 27.5 Å². The molecule has 0 saturated heterocycles. The third kappa shape index (κ3) is 6.54. The van der Waals surface area contributed by atoms with E-state index in [2.05, 4.69) is 10.6 Å². The molecule has 0 heterocycles. The van der Waals surface area contributed by atoms with E-state index in [4.69, 9.17) is 4.74 Å². The molecule has 0 radical (unpaired) electrons. The molecule has 0 bridgehead atoms. The molecule has 174 valence electrons. The molecule has 2 rings (SSSR count). The van der Waals surface area contributed by atoms with Crippen LogP contribution in [-0.2, 0) is 19.6 Å². The Hall–Kier alpha value is -2.91. The predicted molar refractivity (Wildman–Crippen MR) is 124 cm³/mol. The van der Waals surface area contributed by atoms with E-state index in [9.17, 15) is 18.0 Å². The number of sulfonamides is 1. The van der Waals surface area contributed by atoms with E-state index in [1.807, 2.05) is 30.3 Å². The van der Waals surface area contributed by atoms with Crippen LogP contribution in [0.5, 0.6) is 5.75 Å². The second-order valence-corrected chi connectivity index (χ2v) is 9.03. The average molecular weight is 462 g/mol. The molecule has 1 atom stereocenters. The van der Waals surface area contributed by atoms with Gasteiger partial charge < -0.3 is 15.4 Å². The maximum Gasteiger partial charge on any atom is 0.243 e. The molecule has 0 aromatic heterocycles. The van der Waals surface area contributed by atoms with E-state index in [-0.39, 0.29) is 28.8 Å². The van der Waals surface area contributed by atoms with Crippen LogP contribution in [0.2, 0.25) is 0 Å².